The van der Waals surface area contributed by atoms with Crippen molar-refractivity contribution in [2.75, 3.05) is 33.4 Å². The molecule has 1 aromatic rings. The molecule has 1 fully saturated rings. The minimum Gasteiger partial charge on any atom is -0.383 e. The monoisotopic (exact) mass is 320 g/mol. The van der Waals surface area contributed by atoms with E-state index in [4.69, 9.17) is 17.0 Å². The van der Waals surface area contributed by atoms with Crippen molar-refractivity contribution in [3.8, 4) is 0 Å². The fourth-order valence-electron chi connectivity index (χ4n) is 2.36. The highest BCUT2D eigenvalue weighted by molar-refractivity contribution is 7.80. The lowest BCUT2D eigenvalue weighted by Gasteiger charge is -2.27. The van der Waals surface area contributed by atoms with Gasteiger partial charge in [0.05, 0.1) is 6.61 Å². The van der Waals surface area contributed by atoms with Crippen LogP contribution in [0.2, 0.25) is 0 Å². The number of thiocarbonyl (C=S) groups is 1. The summed E-state index contributed by atoms with van der Waals surface area (Å²) in [6, 6.07) is 10.6. The topological polar surface area (TPSA) is 48.9 Å². The molecule has 1 aliphatic heterocycles. The van der Waals surface area contributed by atoms with Gasteiger partial charge in [-0.1, -0.05) is 30.3 Å². The number of nitrogens with zero attached hydrogens (tertiary/aromatic N) is 2. The summed E-state index contributed by atoms with van der Waals surface area (Å²) in [6.45, 7) is 4.42. The van der Waals surface area contributed by atoms with Gasteiger partial charge in [-0.15, -0.1) is 0 Å². The molecule has 5 nitrogen and oxygen atoms in total. The zero-order valence-corrected chi connectivity index (χ0v) is 13.9. The molecule has 2 N–H and O–H groups in total. The van der Waals surface area contributed by atoms with E-state index in [1.165, 1.54) is 11.3 Å². The number of hydrazone groups is 1. The Morgan fingerprint density at radius 1 is 1.27 bits per heavy atom. The third kappa shape index (κ3) is 6.09. The van der Waals surface area contributed by atoms with Gasteiger partial charge >= 0.3 is 0 Å². The standard InChI is InChI=1S/C16H24N4OS/c1-21-12-9-17-16(22)19-18-15-7-10-20(11-8-15)13-14-5-3-2-4-6-14/h2-6H,7-13H2,1H3,(H2,17,19,22). The number of benzene rings is 1. The molecular weight excluding hydrogens is 296 g/mol. The quantitative estimate of drug-likeness (QED) is 0.475. The number of rotatable bonds is 6. The summed E-state index contributed by atoms with van der Waals surface area (Å²) in [5, 5.41) is 7.99. The third-order valence-electron chi connectivity index (χ3n) is 3.59. The Hall–Kier alpha value is -1.50. The van der Waals surface area contributed by atoms with Gasteiger partial charge < -0.3 is 10.1 Å². The van der Waals surface area contributed by atoms with Crippen LogP contribution in [0.15, 0.2) is 35.4 Å². The number of hydrogen-bond donors (Lipinski definition) is 2. The van der Waals surface area contributed by atoms with Gasteiger partial charge in [-0.25, -0.2) is 0 Å². The Balaban J connectivity index is 1.68. The molecule has 2 rings (SSSR count). The number of likely N-dealkylation sites (tertiary alicyclic amines) is 1. The highest BCUT2D eigenvalue weighted by Crippen LogP contribution is 2.11. The molecule has 1 aliphatic rings. The molecule has 0 bridgehead atoms. The Bertz CT molecular complexity index is 482. The van der Waals surface area contributed by atoms with E-state index in [1.54, 1.807) is 7.11 Å². The summed E-state index contributed by atoms with van der Waals surface area (Å²) in [6.07, 6.45) is 1.97. The highest BCUT2D eigenvalue weighted by Gasteiger charge is 2.15. The normalized spacial score (nSPS) is 15.4. The summed E-state index contributed by atoms with van der Waals surface area (Å²) in [4.78, 5) is 2.46. The number of methoxy groups -OCH3 is 1. The van der Waals surface area contributed by atoms with Crippen molar-refractivity contribution in [3.05, 3.63) is 35.9 Å². The maximum absolute atomic E-state index is 5.15. The van der Waals surface area contributed by atoms with Gasteiger partial charge in [-0.05, 0) is 17.8 Å². The molecule has 0 aromatic heterocycles. The van der Waals surface area contributed by atoms with E-state index in [-0.39, 0.29) is 0 Å². The minimum atomic E-state index is 0.552. The van der Waals surface area contributed by atoms with Crippen LogP contribution in [0.5, 0.6) is 0 Å². The maximum atomic E-state index is 5.15. The number of piperidine rings is 1. The second kappa shape index (κ2) is 9.50. The van der Waals surface area contributed by atoms with Crippen molar-refractivity contribution in [1.29, 1.82) is 0 Å². The summed E-state index contributed by atoms with van der Waals surface area (Å²) >= 11 is 5.15. The second-order valence-electron chi connectivity index (χ2n) is 5.30. The lowest BCUT2D eigenvalue weighted by molar-refractivity contribution is 0.204. The largest absolute Gasteiger partial charge is 0.383 e. The van der Waals surface area contributed by atoms with E-state index in [9.17, 15) is 0 Å². The zero-order valence-electron chi connectivity index (χ0n) is 13.0. The molecule has 1 heterocycles. The molecule has 22 heavy (non-hydrogen) atoms. The molecule has 0 aliphatic carbocycles. The number of hydrogen-bond acceptors (Lipinski definition) is 4. The average molecular weight is 320 g/mol. The van der Waals surface area contributed by atoms with Crippen LogP contribution < -0.4 is 10.7 Å². The first-order valence-corrected chi connectivity index (χ1v) is 8.03. The Kier molecular flexibility index (Phi) is 7.28. The van der Waals surface area contributed by atoms with Crippen molar-refractivity contribution in [1.82, 2.24) is 15.6 Å². The van der Waals surface area contributed by atoms with Crippen molar-refractivity contribution >= 4 is 23.0 Å². The molecular formula is C16H24N4OS. The van der Waals surface area contributed by atoms with Gasteiger partial charge in [0.2, 0.25) is 0 Å². The molecule has 6 heteroatoms. The van der Waals surface area contributed by atoms with Crippen molar-refractivity contribution in [2.45, 2.75) is 19.4 Å². The van der Waals surface area contributed by atoms with E-state index < -0.39 is 0 Å². The van der Waals surface area contributed by atoms with Crippen LogP contribution in [0, 0.1) is 0 Å². The first kappa shape index (κ1) is 16.9. The van der Waals surface area contributed by atoms with Crippen LogP contribution in [-0.2, 0) is 11.3 Å². The van der Waals surface area contributed by atoms with Crippen LogP contribution in [0.3, 0.4) is 0 Å². The smallest absolute Gasteiger partial charge is 0.187 e. The molecule has 0 atom stereocenters. The van der Waals surface area contributed by atoms with Gasteiger partial charge in [0, 0.05) is 51.8 Å². The van der Waals surface area contributed by atoms with E-state index in [2.05, 4.69) is 51.1 Å². The zero-order chi connectivity index (χ0) is 15.6. The molecule has 0 spiro atoms. The van der Waals surface area contributed by atoms with Gasteiger partial charge in [0.15, 0.2) is 5.11 Å². The first-order valence-electron chi connectivity index (χ1n) is 7.62. The summed E-state index contributed by atoms with van der Waals surface area (Å²) in [5.74, 6) is 0. The number of ether oxygens (including phenoxy) is 1. The van der Waals surface area contributed by atoms with Gasteiger partial charge in [0.1, 0.15) is 0 Å². The van der Waals surface area contributed by atoms with Crippen molar-refractivity contribution < 1.29 is 4.74 Å². The van der Waals surface area contributed by atoms with Gasteiger partial charge in [-0.2, -0.15) is 5.10 Å². The fourth-order valence-corrected chi connectivity index (χ4v) is 2.51. The molecule has 1 saturated heterocycles. The van der Waals surface area contributed by atoms with E-state index in [0.29, 0.717) is 18.3 Å². The van der Waals surface area contributed by atoms with Gasteiger partial charge in [0.25, 0.3) is 0 Å². The summed E-state index contributed by atoms with van der Waals surface area (Å²) in [5.41, 5.74) is 5.46. The van der Waals surface area contributed by atoms with E-state index in [1.807, 2.05) is 0 Å². The SMILES string of the molecule is COCCNC(=S)NN=C1CCN(Cc2ccccc2)CC1. The van der Waals surface area contributed by atoms with Crippen LogP contribution in [0.1, 0.15) is 18.4 Å². The lowest BCUT2D eigenvalue weighted by Crippen LogP contribution is -2.37. The van der Waals surface area contributed by atoms with Crippen LogP contribution in [-0.4, -0.2) is 49.1 Å². The van der Waals surface area contributed by atoms with Crippen LogP contribution >= 0.6 is 12.2 Å². The second-order valence-corrected chi connectivity index (χ2v) is 5.71. The molecule has 0 saturated carbocycles. The number of nitrogens with one attached hydrogen (secondary N) is 2. The van der Waals surface area contributed by atoms with Crippen molar-refractivity contribution in [2.24, 2.45) is 5.10 Å². The van der Waals surface area contributed by atoms with Crippen molar-refractivity contribution in [3.63, 3.8) is 0 Å². The first-order chi connectivity index (χ1) is 10.8. The highest BCUT2D eigenvalue weighted by atomic mass is 32.1. The summed E-state index contributed by atoms with van der Waals surface area (Å²) < 4.78 is 4.96. The Labute approximate surface area is 137 Å². The average Bonchev–Trinajstić information content (AvgIpc) is 2.55. The van der Waals surface area contributed by atoms with Crippen LogP contribution in [0.4, 0.5) is 0 Å². The summed E-state index contributed by atoms with van der Waals surface area (Å²) in [7, 11) is 1.67. The van der Waals surface area contributed by atoms with Gasteiger partial charge in [-0.3, -0.25) is 10.3 Å². The van der Waals surface area contributed by atoms with Crippen LogP contribution in [0.25, 0.3) is 0 Å². The maximum Gasteiger partial charge on any atom is 0.187 e. The molecule has 120 valence electrons. The van der Waals surface area contributed by atoms with E-state index >= 15 is 0 Å². The Morgan fingerprint density at radius 2 is 2.00 bits per heavy atom. The minimum absolute atomic E-state index is 0.552. The molecule has 0 unspecified atom stereocenters. The molecule has 1 aromatic carbocycles. The predicted octanol–water partition coefficient (Wildman–Crippen LogP) is 1.75. The van der Waals surface area contributed by atoms with E-state index in [0.717, 1.165) is 32.5 Å². The molecule has 0 radical (unpaired) electrons. The Morgan fingerprint density at radius 3 is 2.68 bits per heavy atom. The lowest BCUT2D eigenvalue weighted by atomic mass is 10.1. The predicted molar refractivity (Wildman–Crippen MR) is 94.0 cm³/mol. The third-order valence-corrected chi connectivity index (χ3v) is 3.83. The fraction of sp³-hybridized carbons (Fsp3) is 0.500. The molecule has 0 amide bonds.